The minimum Gasteiger partial charge on any atom is -0.378 e. The van der Waals surface area contributed by atoms with Crippen molar-refractivity contribution in [2.24, 2.45) is 0 Å². The van der Waals surface area contributed by atoms with Crippen molar-refractivity contribution < 1.29 is 4.79 Å². The lowest BCUT2D eigenvalue weighted by molar-refractivity contribution is 0.0783. The molecule has 0 aliphatic heterocycles. The van der Waals surface area contributed by atoms with Crippen LogP contribution in [0.5, 0.6) is 0 Å². The van der Waals surface area contributed by atoms with Crippen LogP contribution in [-0.4, -0.2) is 36.9 Å². The molecule has 0 saturated heterocycles. The van der Waals surface area contributed by atoms with Crippen molar-refractivity contribution in [1.82, 2.24) is 9.88 Å². The van der Waals surface area contributed by atoms with E-state index in [1.54, 1.807) is 13.1 Å². The Balaban J connectivity index is 2.11. The fourth-order valence-electron chi connectivity index (χ4n) is 2.04. The number of carbonyl (C=O) groups excluding carboxylic acids is 1. The molecule has 0 spiro atoms. The summed E-state index contributed by atoms with van der Waals surface area (Å²) in [7, 11) is 5.65. The standard InChI is InChI=1S/C16H19N3O2/c1-18(2)13-8-6-12(7-9-13)11-19(3)16(21)14-5-4-10-17-15(14)20/h4-10H,11H2,1-3H3,(H,17,20). The number of rotatable bonds is 4. The Hall–Kier alpha value is -2.56. The van der Waals surface area contributed by atoms with Crippen LogP contribution in [0.2, 0.25) is 0 Å². The lowest BCUT2D eigenvalue weighted by atomic mass is 10.1. The van der Waals surface area contributed by atoms with Gasteiger partial charge in [0.05, 0.1) is 0 Å². The van der Waals surface area contributed by atoms with Gasteiger partial charge in [-0.25, -0.2) is 0 Å². The highest BCUT2D eigenvalue weighted by Crippen LogP contribution is 2.13. The lowest BCUT2D eigenvalue weighted by Crippen LogP contribution is -2.31. The molecule has 0 aliphatic carbocycles. The molecule has 5 heteroatoms. The number of benzene rings is 1. The number of hydrogen-bond acceptors (Lipinski definition) is 3. The second kappa shape index (κ2) is 6.26. The molecule has 2 rings (SSSR count). The van der Waals surface area contributed by atoms with Crippen LogP contribution in [0, 0.1) is 0 Å². The molecule has 0 fully saturated rings. The highest BCUT2D eigenvalue weighted by molar-refractivity contribution is 5.93. The average molecular weight is 285 g/mol. The van der Waals surface area contributed by atoms with Crippen molar-refractivity contribution >= 4 is 11.6 Å². The smallest absolute Gasteiger partial charge is 0.260 e. The predicted octanol–water partition coefficient (Wildman–Crippen LogP) is 1.71. The fourth-order valence-corrected chi connectivity index (χ4v) is 2.04. The molecule has 2 aromatic rings. The summed E-state index contributed by atoms with van der Waals surface area (Å²) in [5.41, 5.74) is 1.92. The SMILES string of the molecule is CN(Cc1ccc(N(C)C)cc1)C(=O)c1ccc[nH]c1=O. The van der Waals surface area contributed by atoms with Crippen molar-refractivity contribution in [3.8, 4) is 0 Å². The monoisotopic (exact) mass is 285 g/mol. The van der Waals surface area contributed by atoms with Crippen molar-refractivity contribution in [2.75, 3.05) is 26.0 Å². The number of carbonyl (C=O) groups is 1. The van der Waals surface area contributed by atoms with Gasteiger partial charge in [0.15, 0.2) is 0 Å². The average Bonchev–Trinajstić information content (AvgIpc) is 2.47. The minimum atomic E-state index is -0.364. The molecule has 0 atom stereocenters. The summed E-state index contributed by atoms with van der Waals surface area (Å²) >= 11 is 0. The maximum Gasteiger partial charge on any atom is 0.260 e. The fraction of sp³-hybridized carbons (Fsp3) is 0.250. The van der Waals surface area contributed by atoms with E-state index < -0.39 is 0 Å². The van der Waals surface area contributed by atoms with E-state index in [0.29, 0.717) is 6.54 Å². The second-order valence-corrected chi connectivity index (χ2v) is 5.14. The van der Waals surface area contributed by atoms with Gasteiger partial charge >= 0.3 is 0 Å². The third kappa shape index (κ3) is 3.51. The summed E-state index contributed by atoms with van der Waals surface area (Å²) in [6.07, 6.45) is 1.51. The molecule has 0 radical (unpaired) electrons. The maximum atomic E-state index is 12.2. The first-order valence-electron chi connectivity index (χ1n) is 6.68. The highest BCUT2D eigenvalue weighted by atomic mass is 16.2. The van der Waals surface area contributed by atoms with E-state index in [2.05, 4.69) is 4.98 Å². The van der Waals surface area contributed by atoms with Gasteiger partial charge in [-0.3, -0.25) is 9.59 Å². The first-order chi connectivity index (χ1) is 9.99. The highest BCUT2D eigenvalue weighted by Gasteiger charge is 2.15. The van der Waals surface area contributed by atoms with E-state index in [-0.39, 0.29) is 17.0 Å². The molecule has 21 heavy (non-hydrogen) atoms. The van der Waals surface area contributed by atoms with Gasteiger partial charge in [-0.05, 0) is 29.8 Å². The molecular formula is C16H19N3O2. The number of amides is 1. The predicted molar refractivity (Wildman–Crippen MR) is 83.6 cm³/mol. The van der Waals surface area contributed by atoms with Crippen LogP contribution in [0.25, 0.3) is 0 Å². The van der Waals surface area contributed by atoms with E-state index in [9.17, 15) is 9.59 Å². The van der Waals surface area contributed by atoms with Crippen LogP contribution in [0.15, 0.2) is 47.4 Å². The lowest BCUT2D eigenvalue weighted by Gasteiger charge is -2.18. The van der Waals surface area contributed by atoms with E-state index in [1.165, 1.54) is 17.2 Å². The first-order valence-corrected chi connectivity index (χ1v) is 6.68. The number of nitrogens with zero attached hydrogens (tertiary/aromatic N) is 2. The van der Waals surface area contributed by atoms with Crippen molar-refractivity contribution in [1.29, 1.82) is 0 Å². The maximum absolute atomic E-state index is 12.2. The van der Waals surface area contributed by atoms with Crippen LogP contribution in [0.4, 0.5) is 5.69 Å². The number of nitrogens with one attached hydrogen (secondary N) is 1. The Morgan fingerprint density at radius 2 is 1.76 bits per heavy atom. The van der Waals surface area contributed by atoms with Gasteiger partial charge < -0.3 is 14.8 Å². The van der Waals surface area contributed by atoms with Gasteiger partial charge in [0.1, 0.15) is 5.56 Å². The summed E-state index contributed by atoms with van der Waals surface area (Å²) in [4.78, 5) is 29.9. The Kier molecular flexibility index (Phi) is 4.42. The topological polar surface area (TPSA) is 56.4 Å². The van der Waals surface area contributed by atoms with Crippen LogP contribution in [0.1, 0.15) is 15.9 Å². The molecule has 0 saturated carbocycles. The zero-order valence-corrected chi connectivity index (χ0v) is 12.5. The van der Waals surface area contributed by atoms with Gasteiger partial charge in [0, 0.05) is 39.6 Å². The number of anilines is 1. The molecule has 1 heterocycles. The zero-order valence-electron chi connectivity index (χ0n) is 12.5. The third-order valence-electron chi connectivity index (χ3n) is 3.27. The normalized spacial score (nSPS) is 10.2. The van der Waals surface area contributed by atoms with E-state index in [1.807, 2.05) is 43.3 Å². The van der Waals surface area contributed by atoms with Gasteiger partial charge in [-0.1, -0.05) is 12.1 Å². The first kappa shape index (κ1) is 14.8. The molecule has 0 bridgehead atoms. The Morgan fingerprint density at radius 3 is 2.33 bits per heavy atom. The van der Waals surface area contributed by atoms with Crippen LogP contribution in [0.3, 0.4) is 0 Å². The summed E-state index contributed by atoms with van der Waals surface area (Å²) in [6.45, 7) is 0.459. The quantitative estimate of drug-likeness (QED) is 0.930. The van der Waals surface area contributed by atoms with Crippen LogP contribution in [-0.2, 0) is 6.54 Å². The third-order valence-corrected chi connectivity index (χ3v) is 3.27. The van der Waals surface area contributed by atoms with Crippen molar-refractivity contribution in [3.05, 3.63) is 64.1 Å². The largest absolute Gasteiger partial charge is 0.378 e. The molecule has 0 aliphatic rings. The number of aromatic amines is 1. The van der Waals surface area contributed by atoms with Gasteiger partial charge in [0.2, 0.25) is 0 Å². The summed E-state index contributed by atoms with van der Waals surface area (Å²) in [5, 5.41) is 0. The van der Waals surface area contributed by atoms with Crippen molar-refractivity contribution in [2.45, 2.75) is 6.54 Å². The molecule has 1 N–H and O–H groups in total. The number of hydrogen-bond donors (Lipinski definition) is 1. The molecule has 5 nitrogen and oxygen atoms in total. The Morgan fingerprint density at radius 1 is 1.10 bits per heavy atom. The van der Waals surface area contributed by atoms with Crippen molar-refractivity contribution in [3.63, 3.8) is 0 Å². The zero-order chi connectivity index (χ0) is 15.4. The number of aromatic nitrogens is 1. The van der Waals surface area contributed by atoms with E-state index in [4.69, 9.17) is 0 Å². The Bertz CT molecular complexity index is 674. The van der Waals surface area contributed by atoms with E-state index in [0.717, 1.165) is 11.3 Å². The van der Waals surface area contributed by atoms with Gasteiger partial charge in [-0.15, -0.1) is 0 Å². The van der Waals surface area contributed by atoms with Gasteiger partial charge in [0.25, 0.3) is 11.5 Å². The molecule has 1 amide bonds. The minimum absolute atomic E-state index is 0.157. The van der Waals surface area contributed by atoms with Crippen LogP contribution < -0.4 is 10.5 Å². The van der Waals surface area contributed by atoms with E-state index >= 15 is 0 Å². The van der Waals surface area contributed by atoms with Crippen LogP contribution >= 0.6 is 0 Å². The molecule has 110 valence electrons. The van der Waals surface area contributed by atoms with Gasteiger partial charge in [-0.2, -0.15) is 0 Å². The molecule has 1 aromatic heterocycles. The Labute approximate surface area is 123 Å². The molecule has 1 aromatic carbocycles. The summed E-state index contributed by atoms with van der Waals surface area (Å²) in [6, 6.07) is 11.1. The number of pyridine rings is 1. The number of H-pyrrole nitrogens is 1. The second-order valence-electron chi connectivity index (χ2n) is 5.14. The summed E-state index contributed by atoms with van der Waals surface area (Å²) < 4.78 is 0. The summed E-state index contributed by atoms with van der Waals surface area (Å²) in [5.74, 6) is -0.284. The molecule has 0 unspecified atom stereocenters. The molecular weight excluding hydrogens is 266 g/mol.